The molecule has 12 aromatic rings. The highest BCUT2D eigenvalue weighted by Crippen LogP contribution is 2.41. The zero-order valence-corrected chi connectivity index (χ0v) is 36.7. The normalized spacial score (nSPS) is 12.4. The zero-order chi connectivity index (χ0) is 41.4. The maximum atomic E-state index is 2.50. The molecule has 0 atom stereocenters. The average Bonchev–Trinajstić information content (AvgIpc) is 4.03. The van der Waals surface area contributed by atoms with Crippen molar-refractivity contribution in [2.45, 2.75) is 0 Å². The summed E-state index contributed by atoms with van der Waals surface area (Å²) in [5, 5.41) is 8.27. The third kappa shape index (κ3) is 6.04. The van der Waals surface area contributed by atoms with E-state index in [1.807, 2.05) is 11.3 Å². The highest BCUT2D eigenvalue weighted by Gasteiger charge is 2.23. The minimum absolute atomic E-state index is 0.713. The van der Waals surface area contributed by atoms with Crippen LogP contribution in [0.5, 0.6) is 0 Å². The Morgan fingerprint density at radius 3 is 1.40 bits per heavy atom. The van der Waals surface area contributed by atoms with Crippen molar-refractivity contribution < 1.29 is 0 Å². The molecule has 0 radical (unpaired) electrons. The second-order valence-electron chi connectivity index (χ2n) is 16.9. The van der Waals surface area contributed by atoms with Crippen LogP contribution in [-0.2, 0) is 0 Å². The van der Waals surface area contributed by atoms with Gasteiger partial charge in [-0.05, 0) is 109 Å². The summed E-state index contributed by atoms with van der Waals surface area (Å²) in [6.45, 7) is 0. The first-order valence-electron chi connectivity index (χ1n) is 21.8. The van der Waals surface area contributed by atoms with Crippen molar-refractivity contribution in [2.75, 3.05) is 0 Å². The number of aromatic nitrogens is 1. The van der Waals surface area contributed by atoms with Gasteiger partial charge in [-0.1, -0.05) is 192 Å². The summed E-state index contributed by atoms with van der Waals surface area (Å²) in [6, 6.07) is 83.5. The number of rotatable bonds is 6. The van der Waals surface area contributed by atoms with Crippen molar-refractivity contribution >= 4 is 73.2 Å². The molecule has 10 aromatic carbocycles. The molecule has 13 rings (SSSR count). The molecular weight excluding hydrogens is 795 g/mol. The number of hydrogen-bond donors (Lipinski definition) is 0. The second kappa shape index (κ2) is 14.5. The van der Waals surface area contributed by atoms with Gasteiger partial charge in [0.05, 0.1) is 20.6 Å². The summed E-state index contributed by atoms with van der Waals surface area (Å²) < 4.78 is 5.23. The third-order valence-electron chi connectivity index (χ3n) is 13.3. The standard InChI is InChI=1S/C60H39NSSi/c1-3-10-38(11-4-1)40-18-22-42(23-19-40)44-27-32-55-53(34-44)54-35-45(43-24-20-41(21-25-43)39-12-5-2-6-13-39)28-33-56(54)61(55)47-29-31-51-50-30-26-46(36-58(50)63-59(51)37-47)48-15-9-16-52-49-14-7-8-17-57(49)62-60(48)52/h1-37H,63H2. The van der Waals surface area contributed by atoms with E-state index in [0.29, 0.717) is 0 Å². The van der Waals surface area contributed by atoms with E-state index < -0.39 is 9.52 Å². The number of thiophene rings is 1. The van der Waals surface area contributed by atoms with E-state index >= 15 is 0 Å². The SMILES string of the molecule is c1ccc(-c2ccc(-c3ccc4c(c3)c3cc(-c5ccc(-c6ccccc6)cc5)ccc3n4-c3ccc4c(c3)[SiH2]c3cc(-c5cccc6c5sc5ccccc56)ccc3-4)cc2)cc1. The van der Waals surface area contributed by atoms with Crippen LogP contribution in [0.3, 0.4) is 0 Å². The van der Waals surface area contributed by atoms with E-state index in [-0.39, 0.29) is 0 Å². The van der Waals surface area contributed by atoms with Crippen LogP contribution in [0.4, 0.5) is 0 Å². The van der Waals surface area contributed by atoms with Gasteiger partial charge in [0.25, 0.3) is 0 Å². The Morgan fingerprint density at radius 1 is 0.302 bits per heavy atom. The molecule has 0 saturated heterocycles. The number of benzene rings is 10. The molecule has 0 bridgehead atoms. The largest absolute Gasteiger partial charge is 0.309 e. The molecule has 0 saturated carbocycles. The van der Waals surface area contributed by atoms with Crippen molar-refractivity contribution in [1.29, 1.82) is 0 Å². The quantitative estimate of drug-likeness (QED) is 0.147. The van der Waals surface area contributed by atoms with Crippen molar-refractivity contribution in [2.24, 2.45) is 0 Å². The van der Waals surface area contributed by atoms with Crippen LogP contribution in [0.2, 0.25) is 0 Å². The first kappa shape index (κ1) is 36.1. The van der Waals surface area contributed by atoms with E-state index in [0.717, 1.165) is 0 Å². The molecule has 2 aromatic heterocycles. The molecule has 0 amide bonds. The van der Waals surface area contributed by atoms with Crippen molar-refractivity contribution in [3.8, 4) is 72.4 Å². The highest BCUT2D eigenvalue weighted by atomic mass is 32.1. The molecular formula is C60H39NSSi. The fourth-order valence-corrected chi connectivity index (χ4v) is 13.4. The Kier molecular flexibility index (Phi) is 8.33. The average molecular weight is 834 g/mol. The van der Waals surface area contributed by atoms with E-state index in [4.69, 9.17) is 0 Å². The molecule has 63 heavy (non-hydrogen) atoms. The Balaban J connectivity index is 0.905. The number of fused-ring (bicyclic) bond motifs is 9. The number of hydrogen-bond acceptors (Lipinski definition) is 1. The summed E-state index contributed by atoms with van der Waals surface area (Å²) >= 11 is 1.91. The van der Waals surface area contributed by atoms with E-state index in [9.17, 15) is 0 Å². The molecule has 294 valence electrons. The van der Waals surface area contributed by atoms with Crippen LogP contribution in [0.15, 0.2) is 224 Å². The van der Waals surface area contributed by atoms with Crippen LogP contribution in [0.25, 0.3) is 114 Å². The molecule has 3 heteroatoms. The van der Waals surface area contributed by atoms with E-state index in [1.54, 1.807) is 0 Å². The van der Waals surface area contributed by atoms with Gasteiger partial charge in [-0.25, -0.2) is 0 Å². The molecule has 3 heterocycles. The van der Waals surface area contributed by atoms with Gasteiger partial charge in [0, 0.05) is 36.6 Å². The van der Waals surface area contributed by atoms with Crippen LogP contribution in [0.1, 0.15) is 0 Å². The Labute approximate surface area is 372 Å². The minimum Gasteiger partial charge on any atom is -0.309 e. The summed E-state index contributed by atoms with van der Waals surface area (Å²) in [5.74, 6) is 0. The second-order valence-corrected chi connectivity index (χ2v) is 19.8. The Bertz CT molecular complexity index is 3590. The van der Waals surface area contributed by atoms with Gasteiger partial charge in [0.15, 0.2) is 0 Å². The first-order valence-corrected chi connectivity index (χ1v) is 24.0. The van der Waals surface area contributed by atoms with Gasteiger partial charge in [0.2, 0.25) is 0 Å². The van der Waals surface area contributed by atoms with Gasteiger partial charge in [0.1, 0.15) is 0 Å². The predicted molar refractivity (Wildman–Crippen MR) is 274 cm³/mol. The topological polar surface area (TPSA) is 4.93 Å². The Morgan fingerprint density at radius 2 is 0.778 bits per heavy atom. The maximum Gasteiger partial charge on any atom is 0.0892 e. The zero-order valence-electron chi connectivity index (χ0n) is 34.4. The maximum absolute atomic E-state index is 2.50. The first-order chi connectivity index (χ1) is 31.2. The Hall–Kier alpha value is -7.56. The lowest BCUT2D eigenvalue weighted by Crippen LogP contribution is -2.21. The number of nitrogens with zero attached hydrogens (tertiary/aromatic N) is 1. The molecule has 0 spiro atoms. The van der Waals surface area contributed by atoms with Crippen LogP contribution >= 0.6 is 11.3 Å². The summed E-state index contributed by atoms with van der Waals surface area (Å²) in [5.41, 5.74) is 18.9. The molecule has 0 unspecified atom stereocenters. The van der Waals surface area contributed by atoms with Crippen molar-refractivity contribution in [1.82, 2.24) is 4.57 Å². The lowest BCUT2D eigenvalue weighted by atomic mass is 9.97. The van der Waals surface area contributed by atoms with Crippen LogP contribution in [-0.4, -0.2) is 14.1 Å². The van der Waals surface area contributed by atoms with Gasteiger partial charge in [-0.3, -0.25) is 0 Å². The van der Waals surface area contributed by atoms with Crippen molar-refractivity contribution in [3.63, 3.8) is 0 Å². The van der Waals surface area contributed by atoms with Gasteiger partial charge in [-0.15, -0.1) is 11.3 Å². The van der Waals surface area contributed by atoms with Gasteiger partial charge in [-0.2, -0.15) is 0 Å². The summed E-state index contributed by atoms with van der Waals surface area (Å²) in [7, 11) is -0.713. The molecule has 1 aliphatic rings. The van der Waals surface area contributed by atoms with Crippen LogP contribution < -0.4 is 10.4 Å². The third-order valence-corrected chi connectivity index (χ3v) is 16.4. The highest BCUT2D eigenvalue weighted by molar-refractivity contribution is 7.26. The molecule has 0 fully saturated rings. The molecule has 0 N–H and O–H groups in total. The lowest BCUT2D eigenvalue weighted by Gasteiger charge is -2.11. The van der Waals surface area contributed by atoms with E-state index in [2.05, 4.69) is 229 Å². The van der Waals surface area contributed by atoms with Crippen molar-refractivity contribution in [3.05, 3.63) is 224 Å². The van der Waals surface area contributed by atoms with Gasteiger partial charge >= 0.3 is 0 Å². The van der Waals surface area contributed by atoms with Gasteiger partial charge < -0.3 is 4.57 Å². The minimum atomic E-state index is -0.713. The van der Waals surface area contributed by atoms with E-state index in [1.165, 1.54) is 125 Å². The fourth-order valence-electron chi connectivity index (χ4n) is 10.1. The molecule has 1 aliphatic heterocycles. The van der Waals surface area contributed by atoms with Crippen LogP contribution in [0, 0.1) is 0 Å². The molecule has 0 aliphatic carbocycles. The summed E-state index contributed by atoms with van der Waals surface area (Å²) in [4.78, 5) is 0. The smallest absolute Gasteiger partial charge is 0.0892 e. The lowest BCUT2D eigenvalue weighted by molar-refractivity contribution is 1.18. The summed E-state index contributed by atoms with van der Waals surface area (Å²) in [6.07, 6.45) is 0. The predicted octanol–water partition coefficient (Wildman–Crippen LogP) is 14.6. The fraction of sp³-hybridized carbons (Fsp3) is 0. The molecule has 1 nitrogen and oxygen atoms in total. The monoisotopic (exact) mass is 833 g/mol.